The smallest absolute Gasteiger partial charge is 0.306 e. The third kappa shape index (κ3) is 5.14. The Morgan fingerprint density at radius 3 is 2.50 bits per heavy atom. The molecule has 0 atom stereocenters. The zero-order chi connectivity index (χ0) is 19.3. The van der Waals surface area contributed by atoms with Crippen molar-refractivity contribution < 1.29 is 24.2 Å². The van der Waals surface area contributed by atoms with E-state index >= 15 is 0 Å². The van der Waals surface area contributed by atoms with Crippen molar-refractivity contribution in [2.24, 2.45) is 5.92 Å². The number of amides is 1. The lowest BCUT2D eigenvalue weighted by Crippen LogP contribution is -2.39. The summed E-state index contributed by atoms with van der Waals surface area (Å²) in [6.07, 6.45) is 4.05. The second-order valence-electron chi connectivity index (χ2n) is 6.47. The summed E-state index contributed by atoms with van der Waals surface area (Å²) in [4.78, 5) is 24.9. The highest BCUT2D eigenvalue weighted by molar-refractivity contribution is 6.32. The number of carboxylic acid groups (broad SMARTS) is 1. The van der Waals surface area contributed by atoms with Crippen LogP contribution in [-0.4, -0.2) is 48.2 Å². The maximum Gasteiger partial charge on any atom is 0.306 e. The Morgan fingerprint density at radius 1 is 1.31 bits per heavy atom. The predicted octanol–water partition coefficient (Wildman–Crippen LogP) is 3.47. The lowest BCUT2D eigenvalue weighted by Gasteiger charge is -2.29. The number of piperidine rings is 1. The van der Waals surface area contributed by atoms with E-state index in [0.717, 1.165) is 5.56 Å². The van der Waals surface area contributed by atoms with E-state index in [0.29, 0.717) is 42.5 Å². The molecule has 142 valence electrons. The van der Waals surface area contributed by atoms with Crippen LogP contribution in [0, 0.1) is 5.92 Å². The zero-order valence-corrected chi connectivity index (χ0v) is 16.0. The van der Waals surface area contributed by atoms with Gasteiger partial charge in [-0.2, -0.15) is 0 Å². The summed E-state index contributed by atoms with van der Waals surface area (Å²) >= 11 is 6.28. The number of carboxylic acids is 1. The molecule has 1 amide bonds. The third-order valence-electron chi connectivity index (χ3n) is 4.18. The van der Waals surface area contributed by atoms with Crippen molar-refractivity contribution in [2.45, 2.75) is 32.8 Å². The SMILES string of the molecule is COc1cc(/C=C\C(=O)N2CCC(C(=O)O)CC2)cc(Cl)c1OC(C)C. The number of rotatable bonds is 6. The normalized spacial score (nSPS) is 15.5. The Kier molecular flexibility index (Phi) is 6.91. The first-order valence-electron chi connectivity index (χ1n) is 8.55. The molecule has 1 fully saturated rings. The van der Waals surface area contributed by atoms with Crippen LogP contribution in [0.2, 0.25) is 5.02 Å². The highest BCUT2D eigenvalue weighted by atomic mass is 35.5. The van der Waals surface area contributed by atoms with Gasteiger partial charge in [0.15, 0.2) is 11.5 Å². The first-order chi connectivity index (χ1) is 12.3. The van der Waals surface area contributed by atoms with Crippen LogP contribution in [-0.2, 0) is 9.59 Å². The molecule has 0 unspecified atom stereocenters. The molecule has 0 aliphatic carbocycles. The monoisotopic (exact) mass is 381 g/mol. The summed E-state index contributed by atoms with van der Waals surface area (Å²) in [6.45, 7) is 4.70. The van der Waals surface area contributed by atoms with Crippen LogP contribution in [0.5, 0.6) is 11.5 Å². The van der Waals surface area contributed by atoms with Crippen molar-refractivity contribution in [3.8, 4) is 11.5 Å². The van der Waals surface area contributed by atoms with E-state index in [2.05, 4.69) is 0 Å². The van der Waals surface area contributed by atoms with Crippen molar-refractivity contribution in [1.29, 1.82) is 0 Å². The number of likely N-dealkylation sites (tertiary alicyclic amines) is 1. The quantitative estimate of drug-likeness (QED) is 0.763. The summed E-state index contributed by atoms with van der Waals surface area (Å²) in [5, 5.41) is 9.43. The highest BCUT2D eigenvalue weighted by Crippen LogP contribution is 2.37. The molecule has 0 spiro atoms. The minimum absolute atomic E-state index is 0.0434. The number of aliphatic carboxylic acids is 1. The van der Waals surface area contributed by atoms with Gasteiger partial charge >= 0.3 is 5.97 Å². The van der Waals surface area contributed by atoms with Crippen molar-refractivity contribution >= 4 is 29.6 Å². The largest absolute Gasteiger partial charge is 0.493 e. The first-order valence-corrected chi connectivity index (χ1v) is 8.93. The van der Waals surface area contributed by atoms with Crippen LogP contribution in [0.15, 0.2) is 18.2 Å². The average Bonchev–Trinajstić information content (AvgIpc) is 2.61. The molecule has 1 N–H and O–H groups in total. The number of ether oxygens (including phenoxy) is 2. The molecule has 1 aromatic rings. The summed E-state index contributed by atoms with van der Waals surface area (Å²) in [6, 6.07) is 3.46. The summed E-state index contributed by atoms with van der Waals surface area (Å²) < 4.78 is 11.0. The van der Waals surface area contributed by atoms with Gasteiger partial charge in [0, 0.05) is 19.2 Å². The van der Waals surface area contributed by atoms with E-state index in [-0.39, 0.29) is 17.9 Å². The Bertz CT molecular complexity index is 693. The van der Waals surface area contributed by atoms with E-state index in [4.69, 9.17) is 26.2 Å². The summed E-state index contributed by atoms with van der Waals surface area (Å²) in [5.41, 5.74) is 0.719. The van der Waals surface area contributed by atoms with E-state index in [1.165, 1.54) is 13.2 Å². The number of hydrogen-bond donors (Lipinski definition) is 1. The first kappa shape index (κ1) is 20.1. The summed E-state index contributed by atoms with van der Waals surface area (Å²) in [7, 11) is 1.53. The zero-order valence-electron chi connectivity index (χ0n) is 15.2. The fraction of sp³-hybridized carbons (Fsp3) is 0.474. The second kappa shape index (κ2) is 8.94. The van der Waals surface area contributed by atoms with Gasteiger partial charge in [0.2, 0.25) is 5.91 Å². The molecule has 1 aromatic carbocycles. The number of benzene rings is 1. The highest BCUT2D eigenvalue weighted by Gasteiger charge is 2.26. The number of nitrogens with zero attached hydrogens (tertiary/aromatic N) is 1. The molecule has 6 nitrogen and oxygen atoms in total. The van der Waals surface area contributed by atoms with E-state index in [9.17, 15) is 9.59 Å². The molecule has 0 bridgehead atoms. The molecular weight excluding hydrogens is 358 g/mol. The number of hydrogen-bond acceptors (Lipinski definition) is 4. The Balaban J connectivity index is 2.07. The Labute approximate surface area is 158 Å². The molecule has 2 rings (SSSR count). The van der Waals surface area contributed by atoms with Gasteiger partial charge < -0.3 is 19.5 Å². The van der Waals surface area contributed by atoms with E-state index < -0.39 is 5.97 Å². The maximum atomic E-state index is 12.3. The van der Waals surface area contributed by atoms with Crippen LogP contribution in [0.3, 0.4) is 0 Å². The molecule has 1 heterocycles. The lowest BCUT2D eigenvalue weighted by molar-refractivity contribution is -0.144. The number of carbonyl (C=O) groups is 2. The van der Waals surface area contributed by atoms with Crippen LogP contribution in [0.4, 0.5) is 0 Å². The van der Waals surface area contributed by atoms with Gasteiger partial charge in [-0.25, -0.2) is 0 Å². The van der Waals surface area contributed by atoms with Gasteiger partial charge in [-0.05, 0) is 50.5 Å². The minimum atomic E-state index is -0.793. The van der Waals surface area contributed by atoms with Crippen molar-refractivity contribution in [3.05, 3.63) is 28.8 Å². The molecule has 1 saturated heterocycles. The molecule has 0 saturated carbocycles. The molecule has 26 heavy (non-hydrogen) atoms. The maximum absolute atomic E-state index is 12.3. The van der Waals surface area contributed by atoms with Gasteiger partial charge in [0.25, 0.3) is 0 Å². The standard InChI is InChI=1S/C19H24ClNO5/c1-12(2)26-18-15(20)10-13(11-16(18)25-3)4-5-17(22)21-8-6-14(7-9-21)19(23)24/h4-5,10-12,14H,6-9H2,1-3H3,(H,23,24)/b5-4-. The fourth-order valence-corrected chi connectivity index (χ4v) is 3.07. The predicted molar refractivity (Wildman–Crippen MR) is 99.7 cm³/mol. The molecule has 0 aromatic heterocycles. The fourth-order valence-electron chi connectivity index (χ4n) is 2.81. The van der Waals surface area contributed by atoms with Gasteiger partial charge in [-0.3, -0.25) is 9.59 Å². The average molecular weight is 382 g/mol. The third-order valence-corrected chi connectivity index (χ3v) is 4.46. The number of halogens is 1. The van der Waals surface area contributed by atoms with Crippen LogP contribution in [0.25, 0.3) is 6.08 Å². The van der Waals surface area contributed by atoms with E-state index in [1.54, 1.807) is 23.1 Å². The second-order valence-corrected chi connectivity index (χ2v) is 6.88. The number of carbonyl (C=O) groups excluding carboxylic acids is 1. The lowest BCUT2D eigenvalue weighted by atomic mass is 9.97. The Hall–Kier alpha value is -2.21. The van der Waals surface area contributed by atoms with Crippen molar-refractivity contribution in [3.63, 3.8) is 0 Å². The van der Waals surface area contributed by atoms with Crippen LogP contribution in [0.1, 0.15) is 32.3 Å². The number of methoxy groups -OCH3 is 1. The molecular formula is C19H24ClNO5. The molecule has 1 aliphatic heterocycles. The minimum Gasteiger partial charge on any atom is -0.493 e. The van der Waals surface area contributed by atoms with Crippen LogP contribution < -0.4 is 9.47 Å². The van der Waals surface area contributed by atoms with Gasteiger partial charge in [-0.1, -0.05) is 11.6 Å². The molecule has 0 radical (unpaired) electrons. The van der Waals surface area contributed by atoms with E-state index in [1.807, 2.05) is 13.8 Å². The Morgan fingerprint density at radius 2 is 1.96 bits per heavy atom. The van der Waals surface area contributed by atoms with Gasteiger partial charge in [-0.15, -0.1) is 0 Å². The molecule has 7 heteroatoms. The van der Waals surface area contributed by atoms with Crippen molar-refractivity contribution in [2.75, 3.05) is 20.2 Å². The van der Waals surface area contributed by atoms with Crippen LogP contribution >= 0.6 is 11.6 Å². The topological polar surface area (TPSA) is 76.1 Å². The van der Waals surface area contributed by atoms with Gasteiger partial charge in [0.1, 0.15) is 0 Å². The van der Waals surface area contributed by atoms with Crippen molar-refractivity contribution in [1.82, 2.24) is 4.90 Å². The van der Waals surface area contributed by atoms with Gasteiger partial charge in [0.05, 0.1) is 24.2 Å². The molecule has 1 aliphatic rings. The summed E-state index contributed by atoms with van der Waals surface area (Å²) in [5.74, 6) is -0.326.